The number of carbonyl (C=O) groups excluding carboxylic acids is 3. The highest BCUT2D eigenvalue weighted by Crippen LogP contribution is 2.34. The molecule has 1 N–H and O–H groups in total. The number of Topliss-reactive ketones (excluding diaryl/α,β-unsaturated/α-hetero) is 1. The van der Waals surface area contributed by atoms with Gasteiger partial charge in [-0.25, -0.2) is 33.5 Å². The van der Waals surface area contributed by atoms with Gasteiger partial charge < -0.3 is 23.7 Å². The summed E-state index contributed by atoms with van der Waals surface area (Å²) in [4.78, 5) is 49.7. The van der Waals surface area contributed by atoms with Gasteiger partial charge in [0.25, 0.3) is 5.78 Å². The summed E-state index contributed by atoms with van der Waals surface area (Å²) in [6, 6.07) is 26.7. The molecule has 14 heteroatoms. The molecule has 0 atom stereocenters. The second-order valence-electron chi connectivity index (χ2n) is 13.0. The first-order valence-electron chi connectivity index (χ1n) is 18.5. The van der Waals surface area contributed by atoms with Gasteiger partial charge in [-0.05, 0) is 109 Å². The van der Waals surface area contributed by atoms with E-state index in [-0.39, 0.29) is 54.6 Å². The van der Waals surface area contributed by atoms with E-state index >= 15 is 0 Å². The summed E-state index contributed by atoms with van der Waals surface area (Å²) in [5.74, 6) is -1.34. The zero-order chi connectivity index (χ0) is 41.6. The van der Waals surface area contributed by atoms with Crippen LogP contribution in [0.5, 0.6) is 11.5 Å². The number of ether oxygens (including phenoxy) is 3. The molecule has 1 fully saturated rings. The molecule has 3 aromatic heterocycles. The summed E-state index contributed by atoms with van der Waals surface area (Å²) in [5, 5.41) is 10.9. The third kappa shape index (κ3) is 11.9. The molecule has 12 nitrogen and oxygen atoms in total. The highest BCUT2D eigenvalue weighted by atomic mass is 19.1. The number of ketones is 2. The molecule has 0 unspecified atom stereocenters. The van der Waals surface area contributed by atoms with Crippen LogP contribution in [0.3, 0.4) is 0 Å². The molecule has 5 heterocycles. The minimum Gasteiger partial charge on any atom is -0.504 e. The molecule has 0 amide bonds. The predicted octanol–water partition coefficient (Wildman–Crippen LogP) is 8.58. The Labute approximate surface area is 344 Å². The van der Waals surface area contributed by atoms with Crippen LogP contribution in [0.15, 0.2) is 126 Å². The average molecular weight is 817 g/mol. The van der Waals surface area contributed by atoms with E-state index in [4.69, 9.17) is 13.9 Å². The van der Waals surface area contributed by atoms with Gasteiger partial charge in [-0.15, -0.1) is 0 Å². The third-order valence-corrected chi connectivity index (χ3v) is 8.81. The zero-order valence-electron chi connectivity index (χ0n) is 31.8. The lowest BCUT2D eigenvalue weighted by atomic mass is 10.0. The van der Waals surface area contributed by atoms with Gasteiger partial charge in [0.1, 0.15) is 23.0 Å². The Bertz CT molecular complexity index is 2490. The van der Waals surface area contributed by atoms with Gasteiger partial charge in [0.2, 0.25) is 23.2 Å². The number of aromatic hydroxyl groups is 1. The number of aromatic nitrogens is 4. The Kier molecular flexibility index (Phi) is 15.8. The number of methoxy groups -OCH3 is 1. The summed E-state index contributed by atoms with van der Waals surface area (Å²) in [5.41, 5.74) is 4.92. The van der Waals surface area contributed by atoms with E-state index in [0.717, 1.165) is 35.5 Å². The van der Waals surface area contributed by atoms with Crippen LogP contribution in [0.1, 0.15) is 79.9 Å². The molecular formula is C46H42F2N4O8. The summed E-state index contributed by atoms with van der Waals surface area (Å²) >= 11 is 0. The standard InChI is InChI=1S/C20H13FN2O3.C15H11FO2.C6H6N2O2.C4H8O.CH4/c21-14-5-2-12(3-6-14)10-13-4-7-16-15(11-13)17(24)19(26-16)18(25)20-22-8-1-9-23-20;16-12-4-1-10(2-5-12)7-11-3-6-15-13(8-11)14(17)9-18-15;1-10-6(9)5-7-3-2-4-8-5;1-2-4-5-3-1;/h1-9,11,24H,10H2;1-6,8H,7,9H2;2-4H,1H3;1-4H2;1H4. The van der Waals surface area contributed by atoms with Crippen molar-refractivity contribution in [2.45, 2.75) is 33.1 Å². The van der Waals surface area contributed by atoms with Crippen molar-refractivity contribution in [1.82, 2.24) is 19.9 Å². The highest BCUT2D eigenvalue weighted by Gasteiger charge is 2.24. The first-order valence-corrected chi connectivity index (χ1v) is 18.5. The SMILES string of the molecule is C.C1CCOC1.COC(=O)c1ncccn1.O=C(c1ncccn1)c1oc2ccc(Cc3ccc(F)cc3)cc2c1O.O=C1COc2ccc(Cc3ccc(F)cc3)cc21. The van der Waals surface area contributed by atoms with E-state index in [0.29, 0.717) is 35.1 Å². The predicted molar refractivity (Wildman–Crippen MR) is 218 cm³/mol. The highest BCUT2D eigenvalue weighted by molar-refractivity contribution is 6.09. The van der Waals surface area contributed by atoms with Gasteiger partial charge in [0.15, 0.2) is 12.4 Å². The van der Waals surface area contributed by atoms with Crippen molar-refractivity contribution < 1.29 is 46.9 Å². The van der Waals surface area contributed by atoms with E-state index in [9.17, 15) is 28.3 Å². The Morgan fingerprint density at radius 1 is 0.717 bits per heavy atom. The van der Waals surface area contributed by atoms with Gasteiger partial charge in [-0.3, -0.25) is 9.59 Å². The number of rotatable bonds is 7. The lowest BCUT2D eigenvalue weighted by molar-refractivity contribution is 0.0586. The Morgan fingerprint density at radius 3 is 1.77 bits per heavy atom. The first kappa shape index (κ1) is 43.9. The summed E-state index contributed by atoms with van der Waals surface area (Å²) < 4.78 is 45.9. The molecular weight excluding hydrogens is 775 g/mol. The maximum absolute atomic E-state index is 13.0. The number of benzene rings is 4. The van der Waals surface area contributed by atoms with Gasteiger partial charge in [-0.2, -0.15) is 0 Å². The first-order chi connectivity index (χ1) is 28.7. The molecule has 0 aliphatic carbocycles. The van der Waals surface area contributed by atoms with Crippen LogP contribution in [-0.4, -0.2) is 69.5 Å². The normalized spacial score (nSPS) is 12.2. The van der Waals surface area contributed by atoms with E-state index < -0.39 is 11.8 Å². The van der Waals surface area contributed by atoms with Crippen molar-refractivity contribution in [3.05, 3.63) is 179 Å². The van der Waals surface area contributed by atoms with Crippen LogP contribution in [0.25, 0.3) is 11.0 Å². The van der Waals surface area contributed by atoms with Gasteiger partial charge in [-0.1, -0.05) is 43.8 Å². The molecule has 1 saturated heterocycles. The van der Waals surface area contributed by atoms with Crippen molar-refractivity contribution in [3.8, 4) is 11.5 Å². The second kappa shape index (κ2) is 21.5. The number of hydrogen-bond donors (Lipinski definition) is 1. The lowest BCUT2D eigenvalue weighted by Crippen LogP contribution is -2.05. The lowest BCUT2D eigenvalue weighted by Gasteiger charge is -2.04. The maximum Gasteiger partial charge on any atom is 0.376 e. The van der Waals surface area contributed by atoms with Crippen molar-refractivity contribution >= 4 is 28.5 Å². The molecule has 4 aromatic carbocycles. The molecule has 7 aromatic rings. The maximum atomic E-state index is 13.0. The third-order valence-electron chi connectivity index (χ3n) is 8.81. The monoisotopic (exact) mass is 816 g/mol. The summed E-state index contributed by atoms with van der Waals surface area (Å²) in [6.07, 6.45) is 9.66. The Morgan fingerprint density at radius 2 is 1.23 bits per heavy atom. The van der Waals surface area contributed by atoms with E-state index in [2.05, 4.69) is 24.7 Å². The van der Waals surface area contributed by atoms with E-state index in [1.54, 1.807) is 48.5 Å². The number of halogens is 2. The molecule has 0 spiro atoms. The molecule has 0 radical (unpaired) electrons. The molecule has 60 heavy (non-hydrogen) atoms. The van der Waals surface area contributed by atoms with Crippen LogP contribution in [0.2, 0.25) is 0 Å². The number of hydrogen-bond acceptors (Lipinski definition) is 12. The van der Waals surface area contributed by atoms with E-state index in [1.165, 1.54) is 69.0 Å². The van der Waals surface area contributed by atoms with Crippen molar-refractivity contribution in [2.75, 3.05) is 26.9 Å². The van der Waals surface area contributed by atoms with Crippen LogP contribution in [0.4, 0.5) is 8.78 Å². The second-order valence-corrected chi connectivity index (χ2v) is 13.0. The number of furan rings is 1. The van der Waals surface area contributed by atoms with Crippen LogP contribution < -0.4 is 4.74 Å². The Hall–Kier alpha value is -7.19. The van der Waals surface area contributed by atoms with Gasteiger partial charge in [0.05, 0.1) is 18.1 Å². The average Bonchev–Trinajstić information content (AvgIpc) is 4.06. The van der Waals surface area contributed by atoms with Crippen LogP contribution >= 0.6 is 0 Å². The number of nitrogens with zero attached hydrogens (tertiary/aromatic N) is 4. The zero-order valence-corrected chi connectivity index (χ0v) is 31.8. The number of esters is 1. The van der Waals surface area contributed by atoms with E-state index in [1.807, 2.05) is 24.3 Å². The largest absolute Gasteiger partial charge is 0.504 e. The number of fused-ring (bicyclic) bond motifs is 2. The van der Waals surface area contributed by atoms with Gasteiger partial charge >= 0.3 is 5.97 Å². The molecule has 0 bridgehead atoms. The Balaban J connectivity index is 0.000000173. The van der Waals surface area contributed by atoms with Crippen molar-refractivity contribution in [2.24, 2.45) is 0 Å². The smallest absolute Gasteiger partial charge is 0.376 e. The topological polar surface area (TPSA) is 164 Å². The van der Waals surface area contributed by atoms with Crippen LogP contribution in [0, 0.1) is 11.6 Å². The fourth-order valence-corrected chi connectivity index (χ4v) is 5.85. The van der Waals surface area contributed by atoms with Crippen molar-refractivity contribution in [3.63, 3.8) is 0 Å². The molecule has 2 aliphatic heterocycles. The quantitative estimate of drug-likeness (QED) is 0.121. The molecule has 0 saturated carbocycles. The van der Waals surface area contributed by atoms with Gasteiger partial charge in [0, 0.05) is 38.0 Å². The molecule has 308 valence electrons. The minimum absolute atomic E-state index is 0. The number of carbonyl (C=O) groups is 3. The molecule has 2 aliphatic rings. The fourth-order valence-electron chi connectivity index (χ4n) is 5.85. The fraction of sp³-hybridized carbons (Fsp3) is 0.196. The minimum atomic E-state index is -0.584. The van der Waals surface area contributed by atoms with Crippen LogP contribution in [-0.2, 0) is 22.3 Å². The van der Waals surface area contributed by atoms with Crippen molar-refractivity contribution in [1.29, 1.82) is 0 Å². The summed E-state index contributed by atoms with van der Waals surface area (Å²) in [6.45, 7) is 2.13. The summed E-state index contributed by atoms with van der Waals surface area (Å²) in [7, 11) is 1.29. The molecule has 9 rings (SSSR count).